The summed E-state index contributed by atoms with van der Waals surface area (Å²) in [6.45, 7) is 15.9. The molecule has 1 aliphatic carbocycles. The van der Waals surface area contributed by atoms with Crippen molar-refractivity contribution in [3.05, 3.63) is 17.2 Å². The van der Waals surface area contributed by atoms with Gasteiger partial charge in [0.05, 0.1) is 24.3 Å². The van der Waals surface area contributed by atoms with E-state index in [9.17, 15) is 14.7 Å². The lowest BCUT2D eigenvalue weighted by atomic mass is 9.66. The molecule has 37 heavy (non-hydrogen) atoms. The van der Waals surface area contributed by atoms with Gasteiger partial charge in [-0.15, -0.1) is 0 Å². The van der Waals surface area contributed by atoms with Gasteiger partial charge in [0.15, 0.2) is 25.6 Å². The molecule has 0 aromatic heterocycles. The maximum atomic E-state index is 13.4. The number of carbonyl (C=O) groups is 2. The van der Waals surface area contributed by atoms with Crippen molar-refractivity contribution in [1.82, 2.24) is 5.32 Å². The van der Waals surface area contributed by atoms with Gasteiger partial charge in [-0.2, -0.15) is 0 Å². The quantitative estimate of drug-likeness (QED) is 0.441. The Kier molecular flexibility index (Phi) is 6.10. The van der Waals surface area contributed by atoms with Crippen LogP contribution in [0.5, 0.6) is 17.2 Å². The minimum absolute atomic E-state index is 0.0489. The topological polar surface area (TPSA) is 122 Å². The van der Waals surface area contributed by atoms with Crippen molar-refractivity contribution in [2.75, 3.05) is 13.4 Å². The molecular weight excluding hydrogens is 498 g/mol. The van der Waals surface area contributed by atoms with Crippen molar-refractivity contribution in [3.8, 4) is 17.2 Å². The molecule has 0 spiro atoms. The number of nitrogens with one attached hydrogen (secondary N) is 1. The molecule has 1 amide bonds. The fourth-order valence-corrected chi connectivity index (χ4v) is 7.06. The monoisotopic (exact) mass is 535 g/mol. The highest BCUT2D eigenvalue weighted by molar-refractivity contribution is 6.74. The van der Waals surface area contributed by atoms with Crippen LogP contribution in [0.4, 0.5) is 0 Å². The molecule has 0 unspecified atom stereocenters. The minimum Gasteiger partial charge on any atom is -0.504 e. The molecule has 2 N–H and O–H groups in total. The molecule has 11 heteroatoms. The molecule has 1 saturated carbocycles. The molecule has 3 aliphatic heterocycles. The van der Waals surface area contributed by atoms with Gasteiger partial charge in [-0.05, 0) is 43.6 Å². The van der Waals surface area contributed by atoms with Gasteiger partial charge >= 0.3 is 5.97 Å². The number of amides is 1. The van der Waals surface area contributed by atoms with Crippen molar-refractivity contribution in [2.24, 2.45) is 5.92 Å². The van der Waals surface area contributed by atoms with Gasteiger partial charge in [-0.3, -0.25) is 9.59 Å². The molecule has 2 fully saturated rings. The summed E-state index contributed by atoms with van der Waals surface area (Å²) in [5.41, 5.74) is 0.712. The number of carbonyl (C=O) groups excluding carboxylic acids is 2. The maximum absolute atomic E-state index is 13.4. The Morgan fingerprint density at radius 3 is 2.54 bits per heavy atom. The average Bonchev–Trinajstić information content (AvgIpc) is 3.36. The first-order chi connectivity index (χ1) is 17.1. The SMILES string of the molecule is CC(=O)OC[C@H]1[C@H](O[Si](C)(C)C(C)(C)C)[C@H]2OC(C)(C)O[C@H]2[C@@H]2NC(=O)c3c(cc4c(c3O)OCO4)[C@@H]12. The second kappa shape index (κ2) is 8.59. The fourth-order valence-electron chi connectivity index (χ4n) is 5.72. The van der Waals surface area contributed by atoms with Gasteiger partial charge in [0.2, 0.25) is 12.5 Å². The standard InChI is InChI=1S/C26H37NO9Si/c1-12(28)31-10-14-16-13-9-15-21(33-11-32-15)19(29)17(13)24(30)27-18(16)22-23(35-26(5,6)34-22)20(14)36-37(7,8)25(2,3)4/h9,14,16,18,20,22-23,29H,10-11H2,1-8H3,(H,27,30)/t14-,16+,18-,20+,22+,23-/m1/s1. The first kappa shape index (κ1) is 26.3. The van der Waals surface area contributed by atoms with Gasteiger partial charge in [0.25, 0.3) is 5.91 Å². The Labute approximate surface area is 218 Å². The number of benzene rings is 1. The van der Waals surface area contributed by atoms with Gasteiger partial charge in [0.1, 0.15) is 12.2 Å². The number of rotatable bonds is 4. The molecule has 0 bridgehead atoms. The van der Waals surface area contributed by atoms with Crippen molar-refractivity contribution in [2.45, 2.75) is 95.7 Å². The number of hydrogen-bond donors (Lipinski definition) is 2. The van der Waals surface area contributed by atoms with E-state index < -0.39 is 62.2 Å². The predicted molar refractivity (Wildman–Crippen MR) is 134 cm³/mol. The molecule has 5 rings (SSSR count). The molecule has 10 nitrogen and oxygen atoms in total. The van der Waals surface area contributed by atoms with E-state index in [0.29, 0.717) is 11.3 Å². The number of esters is 1. The number of aromatic hydroxyl groups is 1. The van der Waals surface area contributed by atoms with Crippen LogP contribution in [0.25, 0.3) is 0 Å². The second-order valence-corrected chi connectivity index (χ2v) is 17.1. The summed E-state index contributed by atoms with van der Waals surface area (Å²) in [5, 5.41) is 14.0. The zero-order valence-corrected chi connectivity index (χ0v) is 23.7. The molecule has 1 saturated heterocycles. The molecule has 204 valence electrons. The first-order valence-electron chi connectivity index (χ1n) is 12.7. The van der Waals surface area contributed by atoms with Gasteiger partial charge in [-0.1, -0.05) is 20.8 Å². The van der Waals surface area contributed by atoms with Gasteiger partial charge in [0, 0.05) is 18.8 Å². The first-order valence-corrected chi connectivity index (χ1v) is 15.7. The van der Waals surface area contributed by atoms with E-state index in [4.69, 9.17) is 28.1 Å². The Balaban J connectivity index is 1.68. The van der Waals surface area contributed by atoms with Crippen LogP contribution in [0.3, 0.4) is 0 Å². The average molecular weight is 536 g/mol. The maximum Gasteiger partial charge on any atom is 0.302 e. The molecular formula is C26H37NO9Si. The van der Waals surface area contributed by atoms with Crippen LogP contribution in [0, 0.1) is 5.92 Å². The van der Waals surface area contributed by atoms with Crippen LogP contribution in [-0.4, -0.2) is 68.8 Å². The van der Waals surface area contributed by atoms with Crippen molar-refractivity contribution in [3.63, 3.8) is 0 Å². The van der Waals surface area contributed by atoms with Gasteiger partial charge < -0.3 is 38.5 Å². The predicted octanol–water partition coefficient (Wildman–Crippen LogP) is 3.42. The van der Waals surface area contributed by atoms with Crippen LogP contribution in [-0.2, 0) is 23.4 Å². The minimum atomic E-state index is -2.34. The van der Waals surface area contributed by atoms with Crippen LogP contribution < -0.4 is 14.8 Å². The number of phenolic OH excluding ortho intramolecular Hbond substituents is 1. The molecule has 0 radical (unpaired) electrons. The summed E-state index contributed by atoms with van der Waals surface area (Å²) in [6.07, 6.45) is -1.52. The Bertz CT molecular complexity index is 1130. The molecule has 4 aliphatic rings. The van der Waals surface area contributed by atoms with Crippen molar-refractivity contribution < 1.29 is 42.8 Å². The van der Waals surface area contributed by atoms with Crippen LogP contribution in [0.15, 0.2) is 6.07 Å². The van der Waals surface area contributed by atoms with Crippen molar-refractivity contribution in [1.29, 1.82) is 0 Å². The summed E-state index contributed by atoms with van der Waals surface area (Å²) < 4.78 is 36.4. The van der Waals surface area contributed by atoms with E-state index in [1.807, 2.05) is 13.8 Å². The summed E-state index contributed by atoms with van der Waals surface area (Å²) >= 11 is 0. The van der Waals surface area contributed by atoms with Crippen LogP contribution in [0.2, 0.25) is 18.1 Å². The summed E-state index contributed by atoms with van der Waals surface area (Å²) in [7, 11) is -2.34. The Hall–Kier alpha value is -2.34. The highest BCUT2D eigenvalue weighted by Gasteiger charge is 2.62. The smallest absolute Gasteiger partial charge is 0.302 e. The Morgan fingerprint density at radius 1 is 1.22 bits per heavy atom. The zero-order valence-electron chi connectivity index (χ0n) is 22.7. The van der Waals surface area contributed by atoms with Crippen LogP contribution in [0.1, 0.15) is 63.4 Å². The number of fused-ring (bicyclic) bond motifs is 6. The largest absolute Gasteiger partial charge is 0.504 e. The van der Waals surface area contributed by atoms with Crippen LogP contribution >= 0.6 is 0 Å². The zero-order chi connectivity index (χ0) is 27.1. The van der Waals surface area contributed by atoms with E-state index in [1.165, 1.54) is 6.92 Å². The van der Waals surface area contributed by atoms with Crippen molar-refractivity contribution >= 4 is 20.2 Å². The fraction of sp³-hybridized carbons (Fsp3) is 0.692. The van der Waals surface area contributed by atoms with E-state index >= 15 is 0 Å². The number of phenols is 1. The highest BCUT2D eigenvalue weighted by Crippen LogP contribution is 2.55. The third-order valence-electron chi connectivity index (χ3n) is 8.38. The lowest BCUT2D eigenvalue weighted by molar-refractivity contribution is -0.159. The number of ether oxygens (including phenoxy) is 5. The summed E-state index contributed by atoms with van der Waals surface area (Å²) in [4.78, 5) is 25.3. The van der Waals surface area contributed by atoms with E-state index in [0.717, 1.165) is 0 Å². The third-order valence-corrected chi connectivity index (χ3v) is 12.9. The van der Waals surface area contributed by atoms with E-state index in [1.54, 1.807) is 6.07 Å². The summed E-state index contributed by atoms with van der Waals surface area (Å²) in [6, 6.07) is 1.24. The van der Waals surface area contributed by atoms with E-state index in [-0.39, 0.29) is 35.5 Å². The lowest BCUT2D eigenvalue weighted by Gasteiger charge is -2.52. The lowest BCUT2D eigenvalue weighted by Crippen LogP contribution is -2.66. The third kappa shape index (κ3) is 4.29. The highest BCUT2D eigenvalue weighted by atomic mass is 28.4. The molecule has 1 aromatic carbocycles. The number of hydrogen-bond acceptors (Lipinski definition) is 9. The Morgan fingerprint density at radius 2 is 1.89 bits per heavy atom. The summed E-state index contributed by atoms with van der Waals surface area (Å²) in [5.74, 6) is -2.33. The van der Waals surface area contributed by atoms with E-state index in [2.05, 4.69) is 39.2 Å². The molecule has 1 aromatic rings. The molecule has 3 heterocycles. The normalized spacial score (nSPS) is 31.7. The second-order valence-electron chi connectivity index (χ2n) is 12.3. The van der Waals surface area contributed by atoms with Gasteiger partial charge in [-0.25, -0.2) is 0 Å². The molecule has 6 atom stereocenters.